The van der Waals surface area contributed by atoms with Crippen LogP contribution in [0.4, 0.5) is 14.9 Å². The zero-order valence-electron chi connectivity index (χ0n) is 14.2. The lowest BCUT2D eigenvalue weighted by Crippen LogP contribution is -2.27. The minimum absolute atomic E-state index is 0.0252. The Morgan fingerprint density at radius 2 is 1.67 bits per heavy atom. The maximum Gasteiger partial charge on any atom is 0.412 e. The predicted molar refractivity (Wildman–Crippen MR) is 88.7 cm³/mol. The lowest BCUT2D eigenvalue weighted by Gasteiger charge is -2.20. The predicted octanol–water partition coefficient (Wildman–Crippen LogP) is 6.19. The van der Waals surface area contributed by atoms with Gasteiger partial charge < -0.3 is 4.74 Å². The molecule has 0 saturated carbocycles. The second kappa shape index (κ2) is 10.4. The molecule has 0 bridgehead atoms. The fraction of sp³-hybridized carbons (Fsp3) is 0.562. The maximum absolute atomic E-state index is 13.5. The number of benzene rings is 1. The van der Waals surface area contributed by atoms with Gasteiger partial charge in [0.05, 0.1) is 5.02 Å². The van der Waals surface area contributed by atoms with Gasteiger partial charge in [0, 0.05) is 11.3 Å². The van der Waals surface area contributed by atoms with E-state index in [1.54, 1.807) is 20.8 Å². The number of hydrogen-bond acceptors (Lipinski definition) is 2. The Morgan fingerprint density at radius 3 is 2.10 bits per heavy atom. The van der Waals surface area contributed by atoms with Crippen LogP contribution in [0.1, 0.15) is 54.0 Å². The second-order valence-electron chi connectivity index (χ2n) is 4.66. The molecule has 5 heteroatoms. The van der Waals surface area contributed by atoms with Gasteiger partial charge >= 0.3 is 6.09 Å². The Kier molecular flexibility index (Phi) is 10.9. The molecule has 0 atom stereocenters. The van der Waals surface area contributed by atoms with Gasteiger partial charge in [-0.25, -0.2) is 9.18 Å². The number of anilines is 1. The molecule has 1 rings (SSSR count). The highest BCUT2D eigenvalue weighted by atomic mass is 35.5. The lowest BCUT2D eigenvalue weighted by molar-refractivity contribution is 0.0636. The first-order valence-corrected chi connectivity index (χ1v) is 7.53. The van der Waals surface area contributed by atoms with Gasteiger partial charge in [0.25, 0.3) is 0 Å². The summed E-state index contributed by atoms with van der Waals surface area (Å²) in [7, 11) is 0. The van der Waals surface area contributed by atoms with Crippen LogP contribution in [0.5, 0.6) is 0 Å². The largest absolute Gasteiger partial charge is 0.444 e. The number of nitrogens with one attached hydrogen (secondary N) is 1. The van der Waals surface area contributed by atoms with E-state index < -0.39 is 17.5 Å². The minimum atomic E-state index is -0.623. The summed E-state index contributed by atoms with van der Waals surface area (Å²) < 4.78 is 18.5. The van der Waals surface area contributed by atoms with Crippen molar-refractivity contribution < 1.29 is 13.9 Å². The molecule has 0 fully saturated rings. The molecule has 0 spiro atoms. The SMILES string of the molecule is CC.CC.Cc1c(NC(=O)OC(C)(C)C)ccc(Cl)c1F. The van der Waals surface area contributed by atoms with Crippen LogP contribution >= 0.6 is 11.6 Å². The molecule has 0 aliphatic heterocycles. The monoisotopic (exact) mass is 319 g/mol. The average Bonchev–Trinajstić information content (AvgIpc) is 2.42. The number of halogens is 2. The maximum atomic E-state index is 13.5. The molecule has 0 heterocycles. The summed E-state index contributed by atoms with van der Waals surface area (Å²) in [4.78, 5) is 11.5. The van der Waals surface area contributed by atoms with Gasteiger partial charge in [-0.2, -0.15) is 0 Å². The molecule has 3 nitrogen and oxygen atoms in total. The molecular formula is C16H27ClFNO2. The molecule has 0 aliphatic carbocycles. The Hall–Kier alpha value is -1.29. The van der Waals surface area contributed by atoms with E-state index in [1.807, 2.05) is 27.7 Å². The molecule has 122 valence electrons. The third-order valence-corrected chi connectivity index (χ3v) is 2.27. The van der Waals surface area contributed by atoms with Gasteiger partial charge in [0.15, 0.2) is 0 Å². The molecule has 0 radical (unpaired) electrons. The highest BCUT2D eigenvalue weighted by Gasteiger charge is 2.17. The fourth-order valence-corrected chi connectivity index (χ4v) is 1.41. The molecule has 1 N–H and O–H groups in total. The van der Waals surface area contributed by atoms with Gasteiger partial charge in [-0.1, -0.05) is 39.3 Å². The van der Waals surface area contributed by atoms with E-state index in [0.29, 0.717) is 5.69 Å². The van der Waals surface area contributed by atoms with E-state index in [9.17, 15) is 9.18 Å². The summed E-state index contributed by atoms with van der Waals surface area (Å²) in [5.41, 5.74) is 0.0349. The summed E-state index contributed by atoms with van der Waals surface area (Å²) in [6, 6.07) is 2.92. The zero-order valence-corrected chi connectivity index (χ0v) is 15.0. The normalized spacial score (nSPS) is 9.62. The van der Waals surface area contributed by atoms with Crippen molar-refractivity contribution in [2.45, 2.75) is 61.0 Å². The molecule has 1 aromatic rings. The summed E-state index contributed by atoms with van der Waals surface area (Å²) in [5.74, 6) is -0.541. The van der Waals surface area contributed by atoms with E-state index in [2.05, 4.69) is 5.32 Å². The van der Waals surface area contributed by atoms with E-state index in [0.717, 1.165) is 0 Å². The summed E-state index contributed by atoms with van der Waals surface area (Å²) in [6.07, 6.45) is -0.623. The number of ether oxygens (including phenoxy) is 1. The van der Waals surface area contributed by atoms with Crippen molar-refractivity contribution in [2.75, 3.05) is 5.32 Å². The molecule has 0 saturated heterocycles. The van der Waals surface area contributed by atoms with Crippen LogP contribution < -0.4 is 5.32 Å². The van der Waals surface area contributed by atoms with Crippen molar-refractivity contribution in [3.8, 4) is 0 Å². The van der Waals surface area contributed by atoms with E-state index >= 15 is 0 Å². The molecular weight excluding hydrogens is 293 g/mol. The van der Waals surface area contributed by atoms with Crippen molar-refractivity contribution in [1.82, 2.24) is 0 Å². The van der Waals surface area contributed by atoms with Crippen LogP contribution in [0.15, 0.2) is 12.1 Å². The van der Waals surface area contributed by atoms with Gasteiger partial charge in [0.1, 0.15) is 11.4 Å². The van der Waals surface area contributed by atoms with Crippen molar-refractivity contribution >= 4 is 23.4 Å². The van der Waals surface area contributed by atoms with Crippen molar-refractivity contribution in [1.29, 1.82) is 0 Å². The Morgan fingerprint density at radius 1 is 1.19 bits per heavy atom. The van der Waals surface area contributed by atoms with Crippen molar-refractivity contribution in [3.63, 3.8) is 0 Å². The summed E-state index contributed by atoms with van der Waals surface area (Å²) in [6.45, 7) is 14.8. The standard InChI is InChI=1S/C12H15ClFNO2.2C2H6/c1-7-9(6-5-8(13)10(7)14)15-11(16)17-12(2,3)4;2*1-2/h5-6H,1-4H3,(H,15,16);2*1-2H3. The summed E-state index contributed by atoms with van der Waals surface area (Å²) >= 11 is 5.61. The van der Waals surface area contributed by atoms with E-state index in [4.69, 9.17) is 16.3 Å². The first kappa shape index (κ1) is 22.0. The number of rotatable bonds is 1. The van der Waals surface area contributed by atoms with Gasteiger partial charge in [-0.3, -0.25) is 5.32 Å². The Balaban J connectivity index is 0. The van der Waals surface area contributed by atoms with E-state index in [-0.39, 0.29) is 10.6 Å². The average molecular weight is 320 g/mol. The molecule has 0 aliphatic rings. The van der Waals surface area contributed by atoms with Crippen LogP contribution in [0.2, 0.25) is 5.02 Å². The van der Waals surface area contributed by atoms with Crippen LogP contribution in [-0.2, 0) is 4.74 Å². The highest BCUT2D eigenvalue weighted by Crippen LogP contribution is 2.25. The smallest absolute Gasteiger partial charge is 0.412 e. The van der Waals surface area contributed by atoms with Gasteiger partial charge in [-0.15, -0.1) is 0 Å². The lowest BCUT2D eigenvalue weighted by atomic mass is 10.2. The van der Waals surface area contributed by atoms with E-state index in [1.165, 1.54) is 19.1 Å². The van der Waals surface area contributed by atoms with Crippen LogP contribution in [-0.4, -0.2) is 11.7 Å². The van der Waals surface area contributed by atoms with Crippen molar-refractivity contribution in [3.05, 3.63) is 28.5 Å². The van der Waals surface area contributed by atoms with Gasteiger partial charge in [0.2, 0.25) is 0 Å². The highest BCUT2D eigenvalue weighted by molar-refractivity contribution is 6.30. The Labute approximate surface area is 132 Å². The molecule has 0 aromatic heterocycles. The topological polar surface area (TPSA) is 38.3 Å². The number of carbonyl (C=O) groups is 1. The third kappa shape index (κ3) is 8.56. The molecule has 1 aromatic carbocycles. The summed E-state index contributed by atoms with van der Waals surface area (Å²) in [5, 5.41) is 2.50. The van der Waals surface area contributed by atoms with Crippen molar-refractivity contribution in [2.24, 2.45) is 0 Å². The number of hydrogen-bond donors (Lipinski definition) is 1. The second-order valence-corrected chi connectivity index (χ2v) is 5.07. The molecule has 0 unspecified atom stereocenters. The molecule has 21 heavy (non-hydrogen) atoms. The quantitative estimate of drug-likeness (QED) is 0.670. The number of amides is 1. The fourth-order valence-electron chi connectivity index (χ4n) is 1.20. The van der Waals surface area contributed by atoms with Crippen LogP contribution in [0.3, 0.4) is 0 Å². The first-order chi connectivity index (χ1) is 9.70. The van der Waals surface area contributed by atoms with Crippen LogP contribution in [0.25, 0.3) is 0 Å². The zero-order chi connectivity index (χ0) is 17.2. The third-order valence-electron chi connectivity index (χ3n) is 1.97. The Bertz CT molecular complexity index is 443. The first-order valence-electron chi connectivity index (χ1n) is 7.15. The van der Waals surface area contributed by atoms with Gasteiger partial charge in [-0.05, 0) is 39.8 Å². The van der Waals surface area contributed by atoms with Crippen LogP contribution in [0, 0.1) is 12.7 Å². The minimum Gasteiger partial charge on any atom is -0.444 e. The molecule has 1 amide bonds. The number of carbonyl (C=O) groups excluding carboxylic acids is 1.